The fraction of sp³-hybridized carbons (Fsp3) is 0.562. The van der Waals surface area contributed by atoms with Crippen LogP contribution in [0.4, 0.5) is 0 Å². The Morgan fingerprint density at radius 3 is 2.68 bits per heavy atom. The maximum absolute atomic E-state index is 11.9. The molecular weight excluding hydrogens is 238 g/mol. The molecule has 0 bridgehead atoms. The van der Waals surface area contributed by atoms with Crippen molar-refractivity contribution >= 4 is 5.78 Å². The number of hydrogen-bond acceptors (Lipinski definition) is 3. The summed E-state index contributed by atoms with van der Waals surface area (Å²) in [6, 6.07) is 10.8. The average molecular weight is 261 g/mol. The summed E-state index contributed by atoms with van der Waals surface area (Å²) >= 11 is 0. The van der Waals surface area contributed by atoms with Gasteiger partial charge < -0.3 is 4.74 Å². The van der Waals surface area contributed by atoms with Crippen molar-refractivity contribution in [3.63, 3.8) is 0 Å². The molecule has 0 amide bonds. The molecule has 1 fully saturated rings. The fourth-order valence-electron chi connectivity index (χ4n) is 2.41. The highest BCUT2D eigenvalue weighted by Crippen LogP contribution is 2.15. The second kappa shape index (κ2) is 6.83. The molecule has 19 heavy (non-hydrogen) atoms. The molecule has 3 nitrogen and oxygen atoms in total. The van der Waals surface area contributed by atoms with Gasteiger partial charge in [-0.3, -0.25) is 9.69 Å². The first kappa shape index (κ1) is 14.2. The smallest absolute Gasteiger partial charge is 0.141 e. The first-order chi connectivity index (χ1) is 9.16. The molecule has 1 aromatic rings. The third-order valence-corrected chi connectivity index (χ3v) is 3.68. The normalized spacial score (nSPS) is 20.2. The van der Waals surface area contributed by atoms with Crippen molar-refractivity contribution in [1.82, 2.24) is 4.90 Å². The number of benzene rings is 1. The molecule has 1 atom stereocenters. The van der Waals surface area contributed by atoms with Gasteiger partial charge >= 0.3 is 0 Å². The number of Topliss-reactive ketones (excluding diaryl/α,β-unsaturated/α-hetero) is 1. The number of ether oxygens (including phenoxy) is 1. The molecule has 1 heterocycles. The zero-order chi connectivity index (χ0) is 13.7. The summed E-state index contributed by atoms with van der Waals surface area (Å²) < 4.78 is 5.44. The monoisotopic (exact) mass is 261 g/mol. The van der Waals surface area contributed by atoms with Crippen molar-refractivity contribution in [2.75, 3.05) is 19.8 Å². The van der Waals surface area contributed by atoms with Gasteiger partial charge in [0, 0.05) is 25.6 Å². The molecule has 1 aromatic carbocycles. The molecule has 1 saturated heterocycles. The Morgan fingerprint density at radius 1 is 1.32 bits per heavy atom. The number of nitrogens with zero attached hydrogens (tertiary/aromatic N) is 1. The van der Waals surface area contributed by atoms with Crippen molar-refractivity contribution in [3.8, 4) is 0 Å². The molecular formula is C16H23NO2. The van der Waals surface area contributed by atoms with Crippen LogP contribution in [0.3, 0.4) is 0 Å². The SMILES string of the molecule is CC(C)N(Cc1ccccc1)CC1COCCC1=O. The molecule has 1 aliphatic heterocycles. The second-order valence-corrected chi connectivity index (χ2v) is 5.50. The molecule has 1 unspecified atom stereocenters. The Bertz CT molecular complexity index is 402. The van der Waals surface area contributed by atoms with Gasteiger partial charge in [-0.2, -0.15) is 0 Å². The lowest BCUT2D eigenvalue weighted by Crippen LogP contribution is -2.41. The van der Waals surface area contributed by atoms with Crippen LogP contribution in [0.2, 0.25) is 0 Å². The Kier molecular flexibility index (Phi) is 5.11. The van der Waals surface area contributed by atoms with Crippen molar-refractivity contribution in [2.45, 2.75) is 32.9 Å². The van der Waals surface area contributed by atoms with Crippen molar-refractivity contribution in [1.29, 1.82) is 0 Å². The largest absolute Gasteiger partial charge is 0.380 e. The van der Waals surface area contributed by atoms with Crippen LogP contribution in [-0.4, -0.2) is 36.5 Å². The minimum absolute atomic E-state index is 0.0415. The van der Waals surface area contributed by atoms with Crippen LogP contribution in [0.15, 0.2) is 30.3 Å². The fourth-order valence-corrected chi connectivity index (χ4v) is 2.41. The minimum atomic E-state index is 0.0415. The Labute approximate surface area is 115 Å². The van der Waals surface area contributed by atoms with Gasteiger partial charge in [0.2, 0.25) is 0 Å². The summed E-state index contributed by atoms with van der Waals surface area (Å²) in [5, 5.41) is 0. The molecule has 0 N–H and O–H groups in total. The minimum Gasteiger partial charge on any atom is -0.380 e. The van der Waals surface area contributed by atoms with E-state index in [0.717, 1.165) is 13.1 Å². The number of carbonyl (C=O) groups excluding carboxylic acids is 1. The third-order valence-electron chi connectivity index (χ3n) is 3.68. The van der Waals surface area contributed by atoms with Crippen molar-refractivity contribution < 1.29 is 9.53 Å². The first-order valence-corrected chi connectivity index (χ1v) is 7.05. The highest BCUT2D eigenvalue weighted by molar-refractivity contribution is 5.82. The van der Waals surface area contributed by atoms with E-state index in [1.807, 2.05) is 6.07 Å². The predicted octanol–water partition coefficient (Wildman–Crippen LogP) is 2.50. The molecule has 2 rings (SSSR count). The number of ketones is 1. The van der Waals surface area contributed by atoms with Gasteiger partial charge in [0.25, 0.3) is 0 Å². The van der Waals surface area contributed by atoms with Crippen LogP contribution in [0, 0.1) is 5.92 Å². The summed E-state index contributed by atoms with van der Waals surface area (Å²) in [4.78, 5) is 14.3. The Morgan fingerprint density at radius 2 is 2.05 bits per heavy atom. The number of rotatable bonds is 5. The van der Waals surface area contributed by atoms with Crippen LogP contribution >= 0.6 is 0 Å². The quantitative estimate of drug-likeness (QED) is 0.815. The van der Waals surface area contributed by atoms with E-state index >= 15 is 0 Å². The molecule has 1 aliphatic rings. The lowest BCUT2D eigenvalue weighted by molar-refractivity contribution is -0.131. The van der Waals surface area contributed by atoms with Gasteiger partial charge in [0.05, 0.1) is 19.1 Å². The van der Waals surface area contributed by atoms with E-state index in [2.05, 4.69) is 43.0 Å². The standard InChI is InChI=1S/C16H23NO2/c1-13(2)17(10-14-6-4-3-5-7-14)11-15-12-19-9-8-16(15)18/h3-7,13,15H,8-12H2,1-2H3. The highest BCUT2D eigenvalue weighted by Gasteiger charge is 2.26. The average Bonchev–Trinajstić information content (AvgIpc) is 2.41. The maximum atomic E-state index is 11.9. The van der Waals surface area contributed by atoms with Gasteiger partial charge in [-0.15, -0.1) is 0 Å². The first-order valence-electron chi connectivity index (χ1n) is 7.05. The van der Waals surface area contributed by atoms with E-state index in [9.17, 15) is 4.79 Å². The zero-order valence-electron chi connectivity index (χ0n) is 11.8. The summed E-state index contributed by atoms with van der Waals surface area (Å²) in [5.41, 5.74) is 1.29. The molecule has 0 aromatic heterocycles. The molecule has 3 heteroatoms. The second-order valence-electron chi connectivity index (χ2n) is 5.50. The lowest BCUT2D eigenvalue weighted by atomic mass is 9.99. The van der Waals surface area contributed by atoms with Crippen LogP contribution < -0.4 is 0 Å². The number of carbonyl (C=O) groups is 1. The Hall–Kier alpha value is -1.19. The van der Waals surface area contributed by atoms with E-state index in [0.29, 0.717) is 31.5 Å². The third kappa shape index (κ3) is 4.15. The zero-order valence-corrected chi connectivity index (χ0v) is 11.8. The van der Waals surface area contributed by atoms with E-state index in [-0.39, 0.29) is 5.92 Å². The molecule has 104 valence electrons. The molecule has 0 saturated carbocycles. The summed E-state index contributed by atoms with van der Waals surface area (Å²) in [6.45, 7) is 7.22. The highest BCUT2D eigenvalue weighted by atomic mass is 16.5. The maximum Gasteiger partial charge on any atom is 0.141 e. The molecule has 0 aliphatic carbocycles. The van der Waals surface area contributed by atoms with Gasteiger partial charge in [0.15, 0.2) is 0 Å². The topological polar surface area (TPSA) is 29.5 Å². The van der Waals surface area contributed by atoms with Gasteiger partial charge in [0.1, 0.15) is 5.78 Å². The van der Waals surface area contributed by atoms with Gasteiger partial charge in [-0.05, 0) is 19.4 Å². The van der Waals surface area contributed by atoms with Crippen LogP contribution in [-0.2, 0) is 16.1 Å². The van der Waals surface area contributed by atoms with Crippen LogP contribution in [0.1, 0.15) is 25.8 Å². The van der Waals surface area contributed by atoms with Crippen molar-refractivity contribution in [3.05, 3.63) is 35.9 Å². The Balaban J connectivity index is 1.98. The summed E-state index contributed by atoms with van der Waals surface area (Å²) in [6.07, 6.45) is 0.571. The van der Waals surface area contributed by atoms with E-state index in [1.165, 1.54) is 5.56 Å². The van der Waals surface area contributed by atoms with Crippen molar-refractivity contribution in [2.24, 2.45) is 5.92 Å². The molecule has 0 spiro atoms. The van der Waals surface area contributed by atoms with Gasteiger partial charge in [-0.25, -0.2) is 0 Å². The van der Waals surface area contributed by atoms with E-state index in [4.69, 9.17) is 4.74 Å². The summed E-state index contributed by atoms with van der Waals surface area (Å²) in [7, 11) is 0. The van der Waals surface area contributed by atoms with E-state index in [1.54, 1.807) is 0 Å². The number of hydrogen-bond donors (Lipinski definition) is 0. The lowest BCUT2D eigenvalue weighted by Gasteiger charge is -2.31. The summed E-state index contributed by atoms with van der Waals surface area (Å²) in [5.74, 6) is 0.393. The van der Waals surface area contributed by atoms with E-state index < -0.39 is 0 Å². The molecule has 0 radical (unpaired) electrons. The predicted molar refractivity (Wildman–Crippen MR) is 75.9 cm³/mol. The van der Waals surface area contributed by atoms with Gasteiger partial charge in [-0.1, -0.05) is 30.3 Å². The van der Waals surface area contributed by atoms with Crippen LogP contribution in [0.25, 0.3) is 0 Å². The van der Waals surface area contributed by atoms with Crippen LogP contribution in [0.5, 0.6) is 0 Å².